The molecule has 12 nitrogen and oxygen atoms in total. The molecular formula is C48H28Ag4F24N12. The van der Waals surface area contributed by atoms with Crippen LogP contribution in [0.5, 0.6) is 0 Å². The molecule has 88 heavy (non-hydrogen) atoms. The third-order valence-electron chi connectivity index (χ3n) is 10.1. The third-order valence-corrected chi connectivity index (χ3v) is 10.1. The molecule has 0 aliphatic carbocycles. The Morgan fingerprint density at radius 3 is 0.500 bits per heavy atom. The Bertz CT molecular complexity index is 3230. The summed E-state index contributed by atoms with van der Waals surface area (Å²) in [5, 5.41) is 23.5. The van der Waals surface area contributed by atoms with Crippen LogP contribution in [-0.2, 0) is 139 Å². The number of halogens is 24. The maximum absolute atomic E-state index is 11.7. The number of nitrogens with zero attached hydrogens (tertiary/aromatic N) is 12. The van der Waals surface area contributed by atoms with Crippen molar-refractivity contribution in [2.24, 2.45) is 0 Å². The molecule has 0 unspecified atom stereocenters. The van der Waals surface area contributed by atoms with Crippen LogP contribution < -0.4 is 20.4 Å². The Hall–Kier alpha value is -5.80. The van der Waals surface area contributed by atoms with Gasteiger partial charge in [-0.3, -0.25) is 19.9 Å². The van der Waals surface area contributed by atoms with Gasteiger partial charge >= 0.3 is 139 Å². The van der Waals surface area contributed by atoms with Gasteiger partial charge in [-0.15, -0.1) is 0 Å². The Morgan fingerprint density at radius 1 is 0.239 bits per heavy atom. The van der Waals surface area contributed by atoms with Crippen molar-refractivity contribution >= 4 is 43.6 Å². The molecule has 8 aromatic heterocycles. The maximum Gasteiger partial charge on any atom is 1.00 e. The molecule has 0 bridgehead atoms. The molecule has 10 aromatic rings. The summed E-state index contributed by atoms with van der Waals surface area (Å²) in [5.74, 6) is 0. The van der Waals surface area contributed by atoms with E-state index in [0.717, 1.165) is 66.4 Å². The number of hydrogen-bond donors (Lipinski definition) is 0. The van der Waals surface area contributed by atoms with Crippen molar-refractivity contribution in [2.75, 3.05) is 0 Å². The first-order valence-corrected chi connectivity index (χ1v) is 22.2. The first kappa shape index (κ1) is 80.2. The molecule has 0 spiro atoms. The van der Waals surface area contributed by atoms with Gasteiger partial charge in [-0.1, -0.05) is 48.5 Å². The van der Waals surface area contributed by atoms with Gasteiger partial charge in [0.15, 0.2) is 0 Å². The summed E-state index contributed by atoms with van der Waals surface area (Å²) in [6.45, 7) is 8.03. The molecule has 492 valence electrons. The monoisotopic (exact) mass is 1660 g/mol. The van der Waals surface area contributed by atoms with Gasteiger partial charge in [0.25, 0.3) is 0 Å². The van der Waals surface area contributed by atoms with E-state index in [4.69, 9.17) is 0 Å². The molecule has 2 aromatic carbocycles. The fourth-order valence-corrected chi connectivity index (χ4v) is 6.21. The molecule has 0 N–H and O–H groups in total. The van der Waals surface area contributed by atoms with Crippen molar-refractivity contribution in [1.29, 1.82) is 0 Å². The quantitative estimate of drug-likeness (QED) is 0.0804. The van der Waals surface area contributed by atoms with Crippen LogP contribution in [0.4, 0.5) is 105 Å². The molecule has 8 heterocycles. The van der Waals surface area contributed by atoms with E-state index < -0.39 is 95.0 Å². The number of fused-ring (bicyclic) bond motifs is 6. The fourth-order valence-electron chi connectivity index (χ4n) is 6.21. The second-order valence-corrected chi connectivity index (χ2v) is 16.7. The second-order valence-electron chi connectivity index (χ2n) is 16.7. The SMILES string of the molecule is Cc1ccc2ccc3ccc(C)nc3c2n1.Cc1ccc2ccc3ccc(C)nc3c2n1.FC(F)(F)c1cc(C(F)(F)F)[n-]n1.FC(F)(F)c1cc(C(F)(F)F)[n-]n1.FC(F)(F)c1cc(C(F)(F)F)[n-]n1.FC(F)(F)c1cc(C(F)(F)F)[n-]n1.[Ag+].[Ag+].[Ag+].[Ag+]. The molecule has 0 atom stereocenters. The summed E-state index contributed by atoms with van der Waals surface area (Å²) in [7, 11) is 0. The fraction of sp³-hybridized carbons (Fsp3) is 0.250. The summed E-state index contributed by atoms with van der Waals surface area (Å²) in [5.41, 5.74) is -4.98. The summed E-state index contributed by atoms with van der Waals surface area (Å²) >= 11 is 0. The normalized spacial score (nSPS) is 12.0. The van der Waals surface area contributed by atoms with Gasteiger partial charge in [0.05, 0.1) is 22.1 Å². The van der Waals surface area contributed by atoms with Gasteiger partial charge in [-0.05, 0) is 99.0 Å². The number of aryl methyl sites for hydroxylation is 4. The number of pyridine rings is 4. The standard InChI is InChI=1S/2C14H12N2.4C5HF6N2.4Ag/c2*1-9-3-5-11-7-8-12-6-4-10(2)16-14(12)13(11)15-9;4*6-4(7,8)2-1-3(13-12-2)5(9,10)11;;;;/h2*3-8H,1-2H3;4*1H;;;;/q;;4*-1;4*+1. The number of aromatic nitrogens is 12. The maximum atomic E-state index is 11.7. The Balaban J connectivity index is 0.000000525. The van der Waals surface area contributed by atoms with Gasteiger partial charge in [-0.25, -0.2) is 0 Å². The van der Waals surface area contributed by atoms with E-state index in [1.165, 1.54) is 0 Å². The molecule has 10 rings (SSSR count). The van der Waals surface area contributed by atoms with E-state index in [-0.39, 0.29) is 114 Å². The molecule has 40 heteroatoms. The van der Waals surface area contributed by atoms with Crippen LogP contribution in [0.3, 0.4) is 0 Å². The molecule has 0 radical (unpaired) electrons. The van der Waals surface area contributed by atoms with Gasteiger partial charge in [0.1, 0.15) is 22.8 Å². The average Bonchev–Trinajstić information content (AvgIpc) is 2.63. The smallest absolute Gasteiger partial charge is 0.571 e. The summed E-state index contributed by atoms with van der Waals surface area (Å²) in [6, 6.07) is 24.4. The largest absolute Gasteiger partial charge is 1.00 e. The van der Waals surface area contributed by atoms with Crippen LogP contribution >= 0.6 is 0 Å². The molecular weight excluding hydrogens is 1630 g/mol. The summed E-state index contributed by atoms with van der Waals surface area (Å²) in [4.78, 5) is 18.3. The third kappa shape index (κ3) is 22.9. The Kier molecular flexibility index (Phi) is 28.1. The molecule has 0 saturated heterocycles. The predicted molar refractivity (Wildman–Crippen MR) is 243 cm³/mol. The Labute approximate surface area is 538 Å². The molecule has 0 fully saturated rings. The minimum atomic E-state index is -4.89. The second kappa shape index (κ2) is 30.8. The van der Waals surface area contributed by atoms with E-state index in [9.17, 15) is 105 Å². The summed E-state index contributed by atoms with van der Waals surface area (Å²) in [6.07, 6.45) is -39.1. The van der Waals surface area contributed by atoms with Crippen LogP contribution in [0.15, 0.2) is 97.1 Å². The average molecular weight is 1660 g/mol. The zero-order valence-electron chi connectivity index (χ0n) is 42.9. The molecule has 0 amide bonds. The molecule has 0 aliphatic heterocycles. The van der Waals surface area contributed by atoms with E-state index in [0.29, 0.717) is 0 Å². The van der Waals surface area contributed by atoms with Crippen LogP contribution in [0.1, 0.15) is 68.3 Å². The van der Waals surface area contributed by atoms with Crippen molar-refractivity contribution < 1.29 is 195 Å². The summed E-state index contributed by atoms with van der Waals surface area (Å²) < 4.78 is 281. The van der Waals surface area contributed by atoms with E-state index in [1.54, 1.807) is 0 Å². The number of alkyl halides is 24. The van der Waals surface area contributed by atoms with Crippen LogP contribution in [0, 0.1) is 27.7 Å². The van der Waals surface area contributed by atoms with Gasteiger partial charge in [0, 0.05) is 44.3 Å². The number of benzene rings is 2. The topological polar surface area (TPSA) is 160 Å². The van der Waals surface area contributed by atoms with Gasteiger partial charge in [-0.2, -0.15) is 105 Å². The van der Waals surface area contributed by atoms with E-state index >= 15 is 0 Å². The molecule has 0 aliphatic rings. The van der Waals surface area contributed by atoms with Gasteiger partial charge in [0.2, 0.25) is 0 Å². The van der Waals surface area contributed by atoms with Crippen molar-refractivity contribution in [2.45, 2.75) is 77.1 Å². The zero-order chi connectivity index (χ0) is 63.3. The minimum Gasteiger partial charge on any atom is -0.571 e. The van der Waals surface area contributed by atoms with Crippen molar-refractivity contribution in [1.82, 2.24) is 60.7 Å². The van der Waals surface area contributed by atoms with Crippen molar-refractivity contribution in [3.8, 4) is 0 Å². The Morgan fingerprint density at radius 2 is 0.386 bits per heavy atom. The van der Waals surface area contributed by atoms with Gasteiger partial charge < -0.3 is 40.8 Å². The minimum absolute atomic E-state index is 0. The first-order chi connectivity index (χ1) is 38.3. The predicted octanol–water partition coefficient (Wildman–Crippen LogP) is 15.1. The van der Waals surface area contributed by atoms with E-state index in [1.807, 2.05) is 52.0 Å². The molecule has 0 saturated carbocycles. The van der Waals surface area contributed by atoms with Crippen molar-refractivity contribution in [3.63, 3.8) is 0 Å². The first-order valence-electron chi connectivity index (χ1n) is 22.2. The van der Waals surface area contributed by atoms with Crippen LogP contribution in [-0.4, -0.2) is 40.3 Å². The van der Waals surface area contributed by atoms with Crippen LogP contribution in [0.2, 0.25) is 0 Å². The zero-order valence-corrected chi connectivity index (χ0v) is 48.8. The van der Waals surface area contributed by atoms with E-state index in [2.05, 4.69) is 109 Å². The number of hydrogen-bond acceptors (Lipinski definition) is 8. The number of rotatable bonds is 0. The van der Waals surface area contributed by atoms with Crippen molar-refractivity contribution in [3.05, 3.63) is 165 Å². The van der Waals surface area contributed by atoms with Crippen LogP contribution in [0.25, 0.3) is 43.6 Å².